The van der Waals surface area contributed by atoms with Gasteiger partial charge in [0.05, 0.1) is 5.56 Å². The number of hydrogen-bond donors (Lipinski definition) is 2. The maximum absolute atomic E-state index is 11.8. The Kier molecular flexibility index (Phi) is 3.86. The number of amides is 1. The molecule has 0 unspecified atom stereocenters. The van der Waals surface area contributed by atoms with Crippen LogP contribution in [0.4, 0.5) is 5.82 Å². The second-order valence-electron chi connectivity index (χ2n) is 3.80. The number of aromatic nitrogens is 2. The van der Waals surface area contributed by atoms with Gasteiger partial charge in [0.25, 0.3) is 5.91 Å². The van der Waals surface area contributed by atoms with Gasteiger partial charge in [-0.3, -0.25) is 9.78 Å². The lowest BCUT2D eigenvalue weighted by atomic mass is 10.2. The van der Waals surface area contributed by atoms with E-state index in [9.17, 15) is 4.79 Å². The second-order valence-corrected chi connectivity index (χ2v) is 3.80. The Morgan fingerprint density at radius 3 is 2.72 bits per heavy atom. The first-order valence-electron chi connectivity index (χ1n) is 5.65. The minimum absolute atomic E-state index is 0.199. The Hall–Kier alpha value is -2.43. The Bertz CT molecular complexity index is 528. The lowest BCUT2D eigenvalue weighted by Crippen LogP contribution is -2.26. The number of anilines is 1. The highest BCUT2D eigenvalue weighted by Gasteiger charge is 2.08. The predicted octanol–water partition coefficient (Wildman–Crippen LogP) is 1.03. The molecular formula is C13H14N4O. The Morgan fingerprint density at radius 2 is 2.00 bits per heavy atom. The summed E-state index contributed by atoms with van der Waals surface area (Å²) in [6.07, 6.45) is 5.78. The number of hydrogen-bond acceptors (Lipinski definition) is 4. The zero-order valence-electron chi connectivity index (χ0n) is 9.84. The van der Waals surface area contributed by atoms with Crippen molar-refractivity contribution in [2.75, 3.05) is 12.3 Å². The summed E-state index contributed by atoms with van der Waals surface area (Å²) in [7, 11) is 0. The first-order valence-corrected chi connectivity index (χ1v) is 5.65. The van der Waals surface area contributed by atoms with Crippen LogP contribution in [0.3, 0.4) is 0 Å². The summed E-state index contributed by atoms with van der Waals surface area (Å²) in [5.41, 5.74) is 7.16. The van der Waals surface area contributed by atoms with Gasteiger partial charge in [0.2, 0.25) is 0 Å². The average molecular weight is 242 g/mol. The van der Waals surface area contributed by atoms with Crippen LogP contribution < -0.4 is 11.1 Å². The van der Waals surface area contributed by atoms with E-state index in [1.165, 1.54) is 0 Å². The van der Waals surface area contributed by atoms with Crippen LogP contribution in [-0.4, -0.2) is 22.4 Å². The van der Waals surface area contributed by atoms with Crippen LogP contribution in [0.25, 0.3) is 0 Å². The third-order valence-corrected chi connectivity index (χ3v) is 2.53. The van der Waals surface area contributed by atoms with Crippen LogP contribution in [-0.2, 0) is 6.42 Å². The van der Waals surface area contributed by atoms with Crippen molar-refractivity contribution in [3.63, 3.8) is 0 Å². The monoisotopic (exact) mass is 242 g/mol. The fourth-order valence-corrected chi connectivity index (χ4v) is 1.57. The zero-order chi connectivity index (χ0) is 12.8. The van der Waals surface area contributed by atoms with Crippen LogP contribution in [0.5, 0.6) is 0 Å². The summed E-state index contributed by atoms with van der Waals surface area (Å²) < 4.78 is 0. The van der Waals surface area contributed by atoms with Crippen molar-refractivity contribution in [2.45, 2.75) is 6.42 Å². The number of nitrogens with two attached hydrogens (primary N) is 1. The highest BCUT2D eigenvalue weighted by molar-refractivity contribution is 5.98. The molecule has 0 aromatic carbocycles. The molecule has 18 heavy (non-hydrogen) atoms. The summed E-state index contributed by atoms with van der Waals surface area (Å²) >= 11 is 0. The minimum Gasteiger partial charge on any atom is -0.383 e. The van der Waals surface area contributed by atoms with Gasteiger partial charge >= 0.3 is 0 Å². The lowest BCUT2D eigenvalue weighted by Gasteiger charge is -2.06. The van der Waals surface area contributed by atoms with Crippen molar-refractivity contribution in [2.24, 2.45) is 0 Å². The smallest absolute Gasteiger partial charge is 0.255 e. The highest BCUT2D eigenvalue weighted by atomic mass is 16.1. The van der Waals surface area contributed by atoms with E-state index in [2.05, 4.69) is 15.3 Å². The predicted molar refractivity (Wildman–Crippen MR) is 68.9 cm³/mol. The molecule has 2 aromatic rings. The maximum atomic E-state index is 11.8. The minimum atomic E-state index is -0.199. The largest absolute Gasteiger partial charge is 0.383 e. The molecule has 3 N–H and O–H groups in total. The molecule has 92 valence electrons. The molecule has 0 fully saturated rings. The van der Waals surface area contributed by atoms with E-state index in [1.54, 1.807) is 30.7 Å². The number of carbonyl (C=O) groups is 1. The summed E-state index contributed by atoms with van der Waals surface area (Å²) in [4.78, 5) is 19.6. The third-order valence-electron chi connectivity index (χ3n) is 2.53. The van der Waals surface area contributed by atoms with Crippen molar-refractivity contribution in [1.82, 2.24) is 15.3 Å². The summed E-state index contributed by atoms with van der Waals surface area (Å²) in [6.45, 7) is 0.553. The number of nitrogens with zero attached hydrogens (tertiary/aromatic N) is 2. The summed E-state index contributed by atoms with van der Waals surface area (Å²) in [6, 6.07) is 7.19. The van der Waals surface area contributed by atoms with Gasteiger partial charge in [0, 0.05) is 25.1 Å². The van der Waals surface area contributed by atoms with Crippen molar-refractivity contribution < 1.29 is 4.79 Å². The summed E-state index contributed by atoms with van der Waals surface area (Å²) in [5.74, 6) is 0.0496. The first-order chi connectivity index (χ1) is 8.77. The third kappa shape index (κ3) is 3.04. The molecule has 0 radical (unpaired) electrons. The number of rotatable bonds is 4. The van der Waals surface area contributed by atoms with E-state index in [0.29, 0.717) is 12.1 Å². The van der Waals surface area contributed by atoms with E-state index in [-0.39, 0.29) is 11.7 Å². The SMILES string of the molecule is Nc1ncccc1C(=O)NCCc1ccncc1. The standard InChI is InChI=1S/C13H14N4O/c14-12-11(2-1-6-16-12)13(18)17-9-5-10-3-7-15-8-4-10/h1-4,6-8H,5,9H2,(H2,14,16)(H,17,18). The van der Waals surface area contributed by atoms with E-state index in [4.69, 9.17) is 5.73 Å². The quantitative estimate of drug-likeness (QED) is 0.839. The zero-order valence-corrected chi connectivity index (χ0v) is 9.84. The van der Waals surface area contributed by atoms with Crippen molar-refractivity contribution in [3.8, 4) is 0 Å². The van der Waals surface area contributed by atoms with E-state index >= 15 is 0 Å². The van der Waals surface area contributed by atoms with Gasteiger partial charge in [-0.05, 0) is 36.2 Å². The molecule has 1 amide bonds. The second kappa shape index (κ2) is 5.77. The van der Waals surface area contributed by atoms with Gasteiger partial charge in [-0.25, -0.2) is 4.98 Å². The molecule has 0 aliphatic carbocycles. The fourth-order valence-electron chi connectivity index (χ4n) is 1.57. The van der Waals surface area contributed by atoms with E-state index < -0.39 is 0 Å². The van der Waals surface area contributed by atoms with E-state index in [1.807, 2.05) is 12.1 Å². The molecule has 0 aliphatic heterocycles. The van der Waals surface area contributed by atoms with E-state index in [0.717, 1.165) is 12.0 Å². The van der Waals surface area contributed by atoms with Crippen LogP contribution in [0.2, 0.25) is 0 Å². The molecule has 0 aliphatic rings. The van der Waals surface area contributed by atoms with Crippen molar-refractivity contribution >= 4 is 11.7 Å². The molecule has 5 nitrogen and oxygen atoms in total. The Labute approximate surface area is 105 Å². The molecule has 2 heterocycles. The first kappa shape index (κ1) is 12.0. The summed E-state index contributed by atoms with van der Waals surface area (Å²) in [5, 5.41) is 2.81. The number of pyridine rings is 2. The van der Waals surface area contributed by atoms with Gasteiger partial charge in [0.15, 0.2) is 0 Å². The molecule has 2 aromatic heterocycles. The number of carbonyl (C=O) groups excluding carboxylic acids is 1. The molecule has 0 spiro atoms. The molecule has 0 saturated heterocycles. The van der Waals surface area contributed by atoms with Crippen LogP contribution >= 0.6 is 0 Å². The van der Waals surface area contributed by atoms with Crippen LogP contribution in [0.15, 0.2) is 42.9 Å². The normalized spacial score (nSPS) is 10.0. The number of nitrogen functional groups attached to an aromatic ring is 1. The highest BCUT2D eigenvalue weighted by Crippen LogP contribution is 2.06. The van der Waals surface area contributed by atoms with Crippen molar-refractivity contribution in [1.29, 1.82) is 0 Å². The molecule has 2 rings (SSSR count). The van der Waals surface area contributed by atoms with Gasteiger partial charge in [-0.15, -0.1) is 0 Å². The Balaban J connectivity index is 1.88. The van der Waals surface area contributed by atoms with Crippen LogP contribution in [0.1, 0.15) is 15.9 Å². The van der Waals surface area contributed by atoms with Gasteiger partial charge in [-0.1, -0.05) is 0 Å². The topological polar surface area (TPSA) is 80.9 Å². The van der Waals surface area contributed by atoms with Gasteiger partial charge in [0.1, 0.15) is 5.82 Å². The van der Waals surface area contributed by atoms with Gasteiger partial charge < -0.3 is 11.1 Å². The molecule has 0 atom stereocenters. The van der Waals surface area contributed by atoms with Crippen molar-refractivity contribution in [3.05, 3.63) is 54.0 Å². The molecular weight excluding hydrogens is 228 g/mol. The molecule has 5 heteroatoms. The fraction of sp³-hybridized carbons (Fsp3) is 0.154. The number of nitrogens with one attached hydrogen (secondary N) is 1. The molecule has 0 saturated carbocycles. The molecule has 0 bridgehead atoms. The lowest BCUT2D eigenvalue weighted by molar-refractivity contribution is 0.0955. The maximum Gasteiger partial charge on any atom is 0.255 e. The van der Waals surface area contributed by atoms with Crippen LogP contribution in [0, 0.1) is 0 Å². The Morgan fingerprint density at radius 1 is 1.22 bits per heavy atom. The van der Waals surface area contributed by atoms with Gasteiger partial charge in [-0.2, -0.15) is 0 Å². The average Bonchev–Trinajstić information content (AvgIpc) is 2.40.